The number of hydrogen-bond acceptors (Lipinski definition) is 3. The van der Waals surface area contributed by atoms with Crippen LogP contribution in [0.3, 0.4) is 0 Å². The van der Waals surface area contributed by atoms with E-state index in [2.05, 4.69) is 53.1 Å². The van der Waals surface area contributed by atoms with E-state index in [0.29, 0.717) is 4.75 Å². The molecule has 2 aliphatic heterocycles. The summed E-state index contributed by atoms with van der Waals surface area (Å²) in [5, 5.41) is 7.10. The maximum absolute atomic E-state index is 4.40. The highest BCUT2D eigenvalue weighted by Crippen LogP contribution is 2.36. The Morgan fingerprint density at radius 3 is 2.75 bits per heavy atom. The van der Waals surface area contributed by atoms with E-state index < -0.39 is 0 Å². The lowest BCUT2D eigenvalue weighted by Gasteiger charge is -2.34. The van der Waals surface area contributed by atoms with E-state index >= 15 is 0 Å². The average Bonchev–Trinajstić information content (AvgIpc) is 2.94. The smallest absolute Gasteiger partial charge is 0.191 e. The Hall–Kier alpha value is 0.310. The first-order valence-corrected chi connectivity index (χ1v) is 10.3. The fourth-order valence-electron chi connectivity index (χ4n) is 3.71. The second-order valence-corrected chi connectivity index (χ2v) is 9.55. The van der Waals surface area contributed by atoms with E-state index in [9.17, 15) is 0 Å². The zero-order valence-electron chi connectivity index (χ0n) is 15.9. The quantitative estimate of drug-likeness (QED) is 0.356. The number of rotatable bonds is 6. The van der Waals surface area contributed by atoms with Crippen molar-refractivity contribution in [1.82, 2.24) is 15.5 Å². The molecule has 142 valence electrons. The van der Waals surface area contributed by atoms with Gasteiger partial charge in [0.2, 0.25) is 0 Å². The molecule has 4 nitrogen and oxygen atoms in total. The number of hydrogen-bond donors (Lipinski definition) is 2. The van der Waals surface area contributed by atoms with Gasteiger partial charge in [-0.2, -0.15) is 11.8 Å². The zero-order valence-corrected chi connectivity index (χ0v) is 19.1. The maximum atomic E-state index is 4.40. The van der Waals surface area contributed by atoms with E-state index in [1.54, 1.807) is 0 Å². The highest BCUT2D eigenvalue weighted by Gasteiger charge is 2.29. The molecule has 2 fully saturated rings. The lowest BCUT2D eigenvalue weighted by molar-refractivity contribution is 0.159. The third-order valence-electron chi connectivity index (χ3n) is 4.94. The molecule has 6 heteroatoms. The van der Waals surface area contributed by atoms with Crippen molar-refractivity contribution in [2.24, 2.45) is 16.8 Å². The summed E-state index contributed by atoms with van der Waals surface area (Å²) in [7, 11) is 1.88. The van der Waals surface area contributed by atoms with Crippen LogP contribution in [0.5, 0.6) is 0 Å². The largest absolute Gasteiger partial charge is 0.356 e. The number of thioether (sulfide) groups is 1. The van der Waals surface area contributed by atoms with Crippen LogP contribution >= 0.6 is 35.7 Å². The first kappa shape index (κ1) is 22.4. The molecule has 2 atom stereocenters. The van der Waals surface area contributed by atoms with Gasteiger partial charge in [-0.25, -0.2) is 0 Å². The fraction of sp³-hybridized carbons (Fsp3) is 0.944. The molecular formula is C18H37IN4S. The first-order chi connectivity index (χ1) is 11.0. The molecule has 0 saturated carbocycles. The average molecular weight is 468 g/mol. The van der Waals surface area contributed by atoms with Crippen LogP contribution in [0.25, 0.3) is 0 Å². The highest BCUT2D eigenvalue weighted by atomic mass is 127. The second-order valence-electron chi connectivity index (χ2n) is 7.87. The molecule has 0 aliphatic carbocycles. The van der Waals surface area contributed by atoms with Crippen LogP contribution in [0, 0.1) is 11.8 Å². The van der Waals surface area contributed by atoms with Crippen molar-refractivity contribution in [3.8, 4) is 0 Å². The van der Waals surface area contributed by atoms with Gasteiger partial charge in [0.1, 0.15) is 0 Å². The Kier molecular flexibility index (Phi) is 10.4. The molecule has 2 N–H and O–H groups in total. The van der Waals surface area contributed by atoms with Crippen LogP contribution < -0.4 is 10.6 Å². The minimum absolute atomic E-state index is 0. The number of guanidine groups is 1. The summed E-state index contributed by atoms with van der Waals surface area (Å²) in [6.45, 7) is 12.8. The molecule has 2 heterocycles. The minimum Gasteiger partial charge on any atom is -0.356 e. The van der Waals surface area contributed by atoms with Gasteiger partial charge in [-0.3, -0.25) is 4.99 Å². The van der Waals surface area contributed by atoms with Crippen molar-refractivity contribution in [3.63, 3.8) is 0 Å². The van der Waals surface area contributed by atoms with Crippen LogP contribution in [0.4, 0.5) is 0 Å². The van der Waals surface area contributed by atoms with E-state index in [-0.39, 0.29) is 24.0 Å². The molecular weight excluding hydrogens is 431 g/mol. The van der Waals surface area contributed by atoms with Gasteiger partial charge in [0.25, 0.3) is 0 Å². The summed E-state index contributed by atoms with van der Waals surface area (Å²) < 4.78 is 0.385. The zero-order chi connectivity index (χ0) is 16.7. The Morgan fingerprint density at radius 1 is 1.33 bits per heavy atom. The Morgan fingerprint density at radius 2 is 2.12 bits per heavy atom. The van der Waals surface area contributed by atoms with E-state index in [1.807, 2.05) is 7.05 Å². The van der Waals surface area contributed by atoms with Gasteiger partial charge in [0.05, 0.1) is 0 Å². The molecule has 2 unspecified atom stereocenters. The third kappa shape index (κ3) is 7.68. The lowest BCUT2D eigenvalue weighted by Crippen LogP contribution is -2.47. The predicted molar refractivity (Wildman–Crippen MR) is 119 cm³/mol. The molecule has 24 heavy (non-hydrogen) atoms. The number of aliphatic imine (C=N–C) groups is 1. The summed E-state index contributed by atoms with van der Waals surface area (Å²) in [6.07, 6.45) is 5.34. The van der Waals surface area contributed by atoms with E-state index in [4.69, 9.17) is 0 Å². The second kappa shape index (κ2) is 11.1. The molecule has 2 rings (SSSR count). The van der Waals surface area contributed by atoms with Crippen molar-refractivity contribution >= 4 is 41.7 Å². The van der Waals surface area contributed by atoms with Gasteiger partial charge in [-0.15, -0.1) is 24.0 Å². The van der Waals surface area contributed by atoms with Crippen LogP contribution in [0.1, 0.15) is 46.5 Å². The van der Waals surface area contributed by atoms with Gasteiger partial charge in [-0.1, -0.05) is 13.8 Å². The summed E-state index contributed by atoms with van der Waals surface area (Å²) in [4.78, 5) is 7.04. The Bertz CT molecular complexity index is 383. The monoisotopic (exact) mass is 468 g/mol. The molecule has 0 aromatic heterocycles. The molecule has 2 aliphatic rings. The minimum atomic E-state index is 0. The first-order valence-electron chi connectivity index (χ1n) is 9.31. The van der Waals surface area contributed by atoms with Gasteiger partial charge < -0.3 is 15.5 Å². The number of piperidine rings is 1. The topological polar surface area (TPSA) is 39.7 Å². The van der Waals surface area contributed by atoms with Crippen LogP contribution in [0.2, 0.25) is 0 Å². The summed E-state index contributed by atoms with van der Waals surface area (Å²) in [5.74, 6) is 3.79. The summed E-state index contributed by atoms with van der Waals surface area (Å²) in [6, 6.07) is 0. The molecule has 0 aromatic rings. The normalized spacial score (nSPS) is 28.7. The molecule has 0 bridgehead atoms. The molecule has 0 spiro atoms. The van der Waals surface area contributed by atoms with E-state index in [0.717, 1.165) is 30.9 Å². The number of nitrogens with one attached hydrogen (secondary N) is 2. The van der Waals surface area contributed by atoms with Crippen molar-refractivity contribution in [2.75, 3.05) is 45.5 Å². The maximum Gasteiger partial charge on any atom is 0.191 e. The SMILES string of the molecule is CN=C(NCC1CCCN(CC(C)C)C1)NCC1(C)CCCS1.I. The van der Waals surface area contributed by atoms with Crippen LogP contribution in [0.15, 0.2) is 4.99 Å². The number of halogens is 1. The van der Waals surface area contributed by atoms with Crippen molar-refractivity contribution in [1.29, 1.82) is 0 Å². The van der Waals surface area contributed by atoms with Gasteiger partial charge >= 0.3 is 0 Å². The Labute approximate surface area is 170 Å². The van der Waals surface area contributed by atoms with Crippen molar-refractivity contribution < 1.29 is 0 Å². The number of likely N-dealkylation sites (tertiary alicyclic amines) is 1. The highest BCUT2D eigenvalue weighted by molar-refractivity contribution is 14.0. The fourth-order valence-corrected chi connectivity index (χ4v) is 4.95. The van der Waals surface area contributed by atoms with Crippen molar-refractivity contribution in [2.45, 2.75) is 51.2 Å². The third-order valence-corrected chi connectivity index (χ3v) is 6.48. The summed E-state index contributed by atoms with van der Waals surface area (Å²) in [5.41, 5.74) is 0. The molecule has 0 radical (unpaired) electrons. The number of nitrogens with zero attached hydrogens (tertiary/aromatic N) is 2. The van der Waals surface area contributed by atoms with Crippen LogP contribution in [-0.4, -0.2) is 61.1 Å². The van der Waals surface area contributed by atoms with Gasteiger partial charge in [0, 0.05) is 38.0 Å². The van der Waals surface area contributed by atoms with Gasteiger partial charge in [-0.05, 0) is 56.7 Å². The van der Waals surface area contributed by atoms with E-state index in [1.165, 1.54) is 51.1 Å². The van der Waals surface area contributed by atoms with Crippen LogP contribution in [-0.2, 0) is 0 Å². The molecule has 2 saturated heterocycles. The van der Waals surface area contributed by atoms with Crippen molar-refractivity contribution in [3.05, 3.63) is 0 Å². The predicted octanol–water partition coefficient (Wildman–Crippen LogP) is 3.42. The lowest BCUT2D eigenvalue weighted by atomic mass is 9.97. The molecule has 0 amide bonds. The van der Waals surface area contributed by atoms with Gasteiger partial charge in [0.15, 0.2) is 5.96 Å². The Balaban J connectivity index is 0.00000288. The molecule has 0 aromatic carbocycles. The standard InChI is InChI=1S/C18H36N4S.HI/c1-15(2)12-22-9-5-7-16(13-22)11-20-17(19-4)21-14-18(3)8-6-10-23-18;/h15-16H,5-14H2,1-4H3,(H2,19,20,21);1H. The summed E-state index contributed by atoms with van der Waals surface area (Å²) >= 11 is 2.10.